The SMILES string of the molecule is CC(C)PC(C)C.[B]C(C(=O)OC)c1ccccc1. The van der Waals surface area contributed by atoms with Crippen LogP contribution in [-0.2, 0) is 9.53 Å². The quantitative estimate of drug-likeness (QED) is 0.478. The van der Waals surface area contributed by atoms with Crippen LogP contribution in [0, 0.1) is 0 Å². The predicted molar refractivity (Wildman–Crippen MR) is 85.5 cm³/mol. The molecule has 0 spiro atoms. The molecule has 2 radical (unpaired) electrons. The lowest BCUT2D eigenvalue weighted by Gasteiger charge is -2.08. The Morgan fingerprint density at radius 3 is 1.89 bits per heavy atom. The van der Waals surface area contributed by atoms with Gasteiger partial charge in [-0.25, -0.2) is 0 Å². The monoisotopic (exact) mass is 278 g/mol. The second-order valence-electron chi connectivity index (χ2n) is 4.89. The second-order valence-corrected chi connectivity index (χ2v) is 7.53. The Morgan fingerprint density at radius 2 is 1.58 bits per heavy atom. The summed E-state index contributed by atoms with van der Waals surface area (Å²) in [5.41, 5.74) is 2.57. The minimum atomic E-state index is -0.670. The molecule has 0 amide bonds. The molecular weight excluding hydrogens is 254 g/mol. The Bertz CT molecular complexity index is 346. The van der Waals surface area contributed by atoms with Crippen molar-refractivity contribution in [3.63, 3.8) is 0 Å². The predicted octanol–water partition coefficient (Wildman–Crippen LogP) is 3.55. The molecule has 0 bridgehead atoms. The summed E-state index contributed by atoms with van der Waals surface area (Å²) in [6, 6.07) is 9.12. The third-order valence-electron chi connectivity index (χ3n) is 2.28. The summed E-state index contributed by atoms with van der Waals surface area (Å²) in [5.74, 6) is -1.09. The van der Waals surface area contributed by atoms with Gasteiger partial charge in [-0.1, -0.05) is 58.0 Å². The summed E-state index contributed by atoms with van der Waals surface area (Å²) in [6.45, 7) is 9.10. The fraction of sp³-hybridized carbons (Fsp3) is 0.533. The first-order valence-corrected chi connectivity index (χ1v) is 7.68. The molecule has 0 aliphatic carbocycles. The normalized spacial score (nSPS) is 11.7. The molecule has 19 heavy (non-hydrogen) atoms. The van der Waals surface area contributed by atoms with E-state index in [-0.39, 0.29) is 0 Å². The third-order valence-corrected chi connectivity index (χ3v) is 3.61. The molecule has 1 unspecified atom stereocenters. The molecule has 1 rings (SSSR count). The van der Waals surface area contributed by atoms with Crippen LogP contribution in [0.5, 0.6) is 0 Å². The Balaban J connectivity index is 0.000000399. The third kappa shape index (κ3) is 8.83. The molecule has 0 aliphatic heterocycles. The van der Waals surface area contributed by atoms with Crippen molar-refractivity contribution in [3.05, 3.63) is 35.9 Å². The summed E-state index contributed by atoms with van der Waals surface area (Å²) in [7, 11) is 8.04. The van der Waals surface area contributed by atoms with Crippen LogP contribution >= 0.6 is 8.58 Å². The van der Waals surface area contributed by atoms with Crippen molar-refractivity contribution in [2.45, 2.75) is 44.8 Å². The molecule has 0 aliphatic rings. The van der Waals surface area contributed by atoms with Crippen LogP contribution in [0.4, 0.5) is 0 Å². The van der Waals surface area contributed by atoms with E-state index in [4.69, 9.17) is 7.85 Å². The molecule has 1 aromatic rings. The molecule has 0 heterocycles. The fourth-order valence-corrected chi connectivity index (χ4v) is 2.92. The van der Waals surface area contributed by atoms with Crippen molar-refractivity contribution < 1.29 is 9.53 Å². The van der Waals surface area contributed by atoms with E-state index in [0.717, 1.165) is 25.5 Å². The molecule has 1 atom stereocenters. The van der Waals surface area contributed by atoms with Gasteiger partial charge in [0, 0.05) is 5.82 Å². The van der Waals surface area contributed by atoms with Gasteiger partial charge in [0.25, 0.3) is 0 Å². The van der Waals surface area contributed by atoms with Crippen molar-refractivity contribution in [1.29, 1.82) is 0 Å². The first-order chi connectivity index (χ1) is 8.88. The largest absolute Gasteiger partial charge is 0.469 e. The Hall–Kier alpha value is -0.815. The highest BCUT2D eigenvalue weighted by Gasteiger charge is 2.13. The lowest BCUT2D eigenvalue weighted by Crippen LogP contribution is -2.13. The maximum atomic E-state index is 11.0. The fourth-order valence-electron chi connectivity index (χ4n) is 1.59. The lowest BCUT2D eigenvalue weighted by molar-refractivity contribution is -0.140. The zero-order valence-electron chi connectivity index (χ0n) is 12.5. The molecule has 0 aromatic heterocycles. The summed E-state index contributed by atoms with van der Waals surface area (Å²) in [4.78, 5) is 11.0. The van der Waals surface area contributed by atoms with Gasteiger partial charge in [-0.05, 0) is 16.9 Å². The van der Waals surface area contributed by atoms with E-state index in [9.17, 15) is 4.79 Å². The van der Waals surface area contributed by atoms with Crippen LogP contribution in [0.1, 0.15) is 39.1 Å². The van der Waals surface area contributed by atoms with Gasteiger partial charge in [0.2, 0.25) is 0 Å². The van der Waals surface area contributed by atoms with E-state index >= 15 is 0 Å². The number of hydrogen-bond acceptors (Lipinski definition) is 2. The van der Waals surface area contributed by atoms with E-state index < -0.39 is 11.8 Å². The summed E-state index contributed by atoms with van der Waals surface area (Å²) < 4.78 is 4.50. The zero-order chi connectivity index (χ0) is 14.8. The summed E-state index contributed by atoms with van der Waals surface area (Å²) >= 11 is 0. The van der Waals surface area contributed by atoms with Gasteiger partial charge in [0.1, 0.15) is 0 Å². The van der Waals surface area contributed by atoms with E-state index in [1.807, 2.05) is 18.2 Å². The first-order valence-electron chi connectivity index (χ1n) is 6.52. The van der Waals surface area contributed by atoms with E-state index in [0.29, 0.717) is 0 Å². The van der Waals surface area contributed by atoms with Gasteiger partial charge in [0.05, 0.1) is 15.0 Å². The average molecular weight is 278 g/mol. The number of carbonyl (C=O) groups excluding carboxylic acids is 1. The van der Waals surface area contributed by atoms with Crippen LogP contribution in [0.25, 0.3) is 0 Å². The minimum absolute atomic E-state index is 0.416. The van der Waals surface area contributed by atoms with Crippen LogP contribution in [0.15, 0.2) is 30.3 Å². The van der Waals surface area contributed by atoms with Crippen LogP contribution < -0.4 is 0 Å². The first kappa shape index (κ1) is 18.2. The van der Waals surface area contributed by atoms with Crippen LogP contribution in [0.3, 0.4) is 0 Å². The van der Waals surface area contributed by atoms with Gasteiger partial charge in [-0.3, -0.25) is 4.79 Å². The highest BCUT2D eigenvalue weighted by atomic mass is 31.1. The highest BCUT2D eigenvalue weighted by molar-refractivity contribution is 7.39. The van der Waals surface area contributed by atoms with Gasteiger partial charge in [-0.2, -0.15) is 0 Å². The van der Waals surface area contributed by atoms with Gasteiger partial charge in [0.15, 0.2) is 0 Å². The maximum absolute atomic E-state index is 11.0. The van der Waals surface area contributed by atoms with Crippen LogP contribution in [-0.4, -0.2) is 32.2 Å². The topological polar surface area (TPSA) is 26.3 Å². The Morgan fingerprint density at radius 1 is 1.11 bits per heavy atom. The van der Waals surface area contributed by atoms with Crippen molar-refractivity contribution in [1.82, 2.24) is 0 Å². The van der Waals surface area contributed by atoms with Gasteiger partial charge >= 0.3 is 5.97 Å². The minimum Gasteiger partial charge on any atom is -0.469 e. The molecular formula is C15H24BO2P. The van der Waals surface area contributed by atoms with Crippen molar-refractivity contribution in [3.8, 4) is 0 Å². The molecule has 0 saturated heterocycles. The second kappa shape index (κ2) is 10.0. The molecule has 0 N–H and O–H groups in total. The molecule has 104 valence electrons. The van der Waals surface area contributed by atoms with E-state index in [1.54, 1.807) is 12.1 Å². The number of ether oxygens (including phenoxy) is 1. The molecule has 0 saturated carbocycles. The molecule has 2 nitrogen and oxygen atoms in total. The number of methoxy groups -OCH3 is 1. The number of benzene rings is 1. The Kier molecular flexibility index (Phi) is 9.60. The molecule has 0 fully saturated rings. The van der Waals surface area contributed by atoms with Crippen molar-refractivity contribution in [2.75, 3.05) is 7.11 Å². The van der Waals surface area contributed by atoms with Gasteiger partial charge in [-0.15, -0.1) is 8.58 Å². The van der Waals surface area contributed by atoms with Crippen LogP contribution in [0.2, 0.25) is 0 Å². The molecule has 1 aromatic carbocycles. The number of esters is 1. The van der Waals surface area contributed by atoms with Crippen molar-refractivity contribution >= 4 is 22.4 Å². The van der Waals surface area contributed by atoms with Gasteiger partial charge < -0.3 is 4.74 Å². The average Bonchev–Trinajstić information content (AvgIpc) is 2.37. The number of hydrogen-bond donors (Lipinski definition) is 0. The smallest absolute Gasteiger partial charge is 0.304 e. The maximum Gasteiger partial charge on any atom is 0.304 e. The molecule has 4 heteroatoms. The van der Waals surface area contributed by atoms with E-state index in [2.05, 4.69) is 32.4 Å². The standard InChI is InChI=1S/C9H9BO2.C6H15P/c1-12-9(11)8(10)7-5-3-2-4-6-7;1-5(2)7-6(3)4/h2-6,8H,1H3;5-7H,1-4H3. The summed E-state index contributed by atoms with van der Waals surface area (Å²) in [5, 5.41) is 0. The van der Waals surface area contributed by atoms with E-state index in [1.165, 1.54) is 7.11 Å². The number of rotatable bonds is 4. The van der Waals surface area contributed by atoms with Crippen molar-refractivity contribution in [2.24, 2.45) is 0 Å². The zero-order valence-corrected chi connectivity index (χ0v) is 13.5. The number of carbonyl (C=O) groups is 1. The highest BCUT2D eigenvalue weighted by Crippen LogP contribution is 2.23. The summed E-state index contributed by atoms with van der Waals surface area (Å²) in [6.07, 6.45) is 0. The lowest BCUT2D eigenvalue weighted by atomic mass is 9.81. The Labute approximate surface area is 120 Å².